The van der Waals surface area contributed by atoms with Crippen LogP contribution in [-0.4, -0.2) is 30.1 Å². The number of hydrogen-bond donors (Lipinski definition) is 1. The highest BCUT2D eigenvalue weighted by molar-refractivity contribution is 7.15. The first kappa shape index (κ1) is 14.9. The number of aryl methyl sites for hydroxylation is 1. The molecule has 0 aliphatic carbocycles. The minimum Gasteiger partial charge on any atom is -0.497 e. The van der Waals surface area contributed by atoms with Crippen LogP contribution in [-0.2, 0) is 6.42 Å². The van der Waals surface area contributed by atoms with Crippen molar-refractivity contribution in [1.29, 1.82) is 0 Å². The molecule has 0 spiro atoms. The van der Waals surface area contributed by atoms with E-state index in [1.807, 2.05) is 18.2 Å². The molecule has 0 atom stereocenters. The van der Waals surface area contributed by atoms with Crippen LogP contribution < -0.4 is 15.2 Å². The molecule has 3 rings (SSSR count). The molecule has 116 valence electrons. The van der Waals surface area contributed by atoms with Crippen molar-refractivity contribution in [3.8, 4) is 22.8 Å². The molecule has 0 saturated carbocycles. The van der Waals surface area contributed by atoms with E-state index >= 15 is 0 Å². The molecule has 1 aromatic carbocycles. The average molecular weight is 317 g/mol. The summed E-state index contributed by atoms with van der Waals surface area (Å²) in [6, 6.07) is 5.75. The first-order valence-corrected chi connectivity index (χ1v) is 7.95. The molecule has 22 heavy (non-hydrogen) atoms. The van der Waals surface area contributed by atoms with Crippen molar-refractivity contribution in [2.45, 2.75) is 13.3 Å². The van der Waals surface area contributed by atoms with E-state index in [1.54, 1.807) is 25.6 Å². The summed E-state index contributed by atoms with van der Waals surface area (Å²) in [4.78, 5) is 5.77. The Morgan fingerprint density at radius 3 is 2.77 bits per heavy atom. The number of fused-ring (bicyclic) bond motifs is 1. The minimum atomic E-state index is 0.572. The molecule has 0 fully saturated rings. The third kappa shape index (κ3) is 2.34. The van der Waals surface area contributed by atoms with Gasteiger partial charge in [-0.25, -0.2) is 4.98 Å². The van der Waals surface area contributed by atoms with Crippen molar-refractivity contribution in [2.24, 2.45) is 5.73 Å². The van der Waals surface area contributed by atoms with Crippen molar-refractivity contribution in [3.05, 3.63) is 35.0 Å². The molecule has 0 aliphatic rings. The summed E-state index contributed by atoms with van der Waals surface area (Å²) in [6.07, 6.45) is 0.758. The van der Waals surface area contributed by atoms with E-state index in [2.05, 4.69) is 16.7 Å². The van der Waals surface area contributed by atoms with E-state index in [0.717, 1.165) is 39.8 Å². The number of nitrogens with two attached hydrogens (primary N) is 1. The number of thiazole rings is 1. The molecular weight excluding hydrogens is 298 g/mol. The van der Waals surface area contributed by atoms with Crippen molar-refractivity contribution < 1.29 is 9.47 Å². The van der Waals surface area contributed by atoms with Crippen LogP contribution in [0.3, 0.4) is 0 Å². The molecule has 2 heterocycles. The summed E-state index contributed by atoms with van der Waals surface area (Å²) in [5.74, 6) is 1.56. The zero-order valence-corrected chi connectivity index (χ0v) is 13.7. The van der Waals surface area contributed by atoms with Gasteiger partial charge in [0.25, 0.3) is 0 Å². The van der Waals surface area contributed by atoms with Crippen molar-refractivity contribution in [3.63, 3.8) is 0 Å². The lowest BCUT2D eigenvalue weighted by Crippen LogP contribution is -2.07. The second-order valence-electron chi connectivity index (χ2n) is 5.01. The Morgan fingerprint density at radius 1 is 1.27 bits per heavy atom. The maximum absolute atomic E-state index is 5.81. The van der Waals surface area contributed by atoms with E-state index < -0.39 is 0 Å². The van der Waals surface area contributed by atoms with E-state index in [1.165, 1.54) is 5.69 Å². The van der Waals surface area contributed by atoms with Crippen molar-refractivity contribution >= 4 is 16.3 Å². The van der Waals surface area contributed by atoms with Gasteiger partial charge in [-0.05, 0) is 31.7 Å². The lowest BCUT2D eigenvalue weighted by atomic mass is 10.1. The first-order valence-electron chi connectivity index (χ1n) is 7.07. The highest BCUT2D eigenvalue weighted by Gasteiger charge is 2.19. The van der Waals surface area contributed by atoms with Crippen LogP contribution >= 0.6 is 11.3 Å². The number of hydrogen-bond acceptors (Lipinski definition) is 5. The predicted molar refractivity (Wildman–Crippen MR) is 89.1 cm³/mol. The smallest absolute Gasteiger partial charge is 0.194 e. The van der Waals surface area contributed by atoms with Crippen LogP contribution in [0.4, 0.5) is 0 Å². The summed E-state index contributed by atoms with van der Waals surface area (Å²) in [5.41, 5.74) is 9.94. The lowest BCUT2D eigenvalue weighted by Gasteiger charge is -2.11. The lowest BCUT2D eigenvalue weighted by molar-refractivity contribution is 0.404. The van der Waals surface area contributed by atoms with Gasteiger partial charge in [-0.3, -0.25) is 4.40 Å². The standard InChI is InChI=1S/C16H19N3O2S/c1-10-9-22-16-18-15(13(6-7-17)19(10)16)12-8-11(20-2)4-5-14(12)21-3/h4-5,8-9H,6-7,17H2,1-3H3. The van der Waals surface area contributed by atoms with Gasteiger partial charge in [0, 0.05) is 23.1 Å². The number of aromatic nitrogens is 2. The maximum atomic E-state index is 5.81. The molecule has 5 nitrogen and oxygen atoms in total. The van der Waals surface area contributed by atoms with Gasteiger partial charge in [0.05, 0.1) is 25.6 Å². The molecule has 0 saturated heterocycles. The second-order valence-corrected chi connectivity index (χ2v) is 5.84. The van der Waals surface area contributed by atoms with Crippen LogP contribution in [0.15, 0.2) is 23.6 Å². The molecule has 0 aliphatic heterocycles. The molecule has 6 heteroatoms. The van der Waals surface area contributed by atoms with Gasteiger partial charge in [-0.15, -0.1) is 11.3 Å². The average Bonchev–Trinajstić information content (AvgIpc) is 3.08. The van der Waals surface area contributed by atoms with Gasteiger partial charge in [-0.1, -0.05) is 0 Å². The number of rotatable bonds is 5. The number of methoxy groups -OCH3 is 2. The largest absolute Gasteiger partial charge is 0.497 e. The SMILES string of the molecule is COc1ccc(OC)c(-c2nc3scc(C)n3c2CCN)c1. The molecule has 0 bridgehead atoms. The molecule has 2 N–H and O–H groups in total. The summed E-state index contributed by atoms with van der Waals surface area (Å²) in [5, 5.41) is 2.11. The van der Waals surface area contributed by atoms with Gasteiger partial charge < -0.3 is 15.2 Å². The van der Waals surface area contributed by atoms with Gasteiger partial charge in [0.15, 0.2) is 4.96 Å². The van der Waals surface area contributed by atoms with Crippen LogP contribution in [0.2, 0.25) is 0 Å². The number of imidazole rings is 1. The van der Waals surface area contributed by atoms with Crippen molar-refractivity contribution in [2.75, 3.05) is 20.8 Å². The third-order valence-corrected chi connectivity index (χ3v) is 4.62. The van der Waals surface area contributed by atoms with Gasteiger partial charge in [-0.2, -0.15) is 0 Å². The Hall–Kier alpha value is -2.05. The highest BCUT2D eigenvalue weighted by atomic mass is 32.1. The van der Waals surface area contributed by atoms with Gasteiger partial charge in [0.1, 0.15) is 11.5 Å². The van der Waals surface area contributed by atoms with E-state index in [0.29, 0.717) is 6.54 Å². The Bertz CT molecular complexity index is 807. The third-order valence-electron chi connectivity index (χ3n) is 3.67. The molecule has 3 aromatic rings. The molecule has 2 aromatic heterocycles. The molecule has 0 amide bonds. The summed E-state index contributed by atoms with van der Waals surface area (Å²) in [7, 11) is 3.32. The zero-order chi connectivity index (χ0) is 15.7. The Labute approximate surface area is 133 Å². The van der Waals surface area contributed by atoms with Crippen LogP contribution in [0, 0.1) is 6.92 Å². The number of benzene rings is 1. The summed E-state index contributed by atoms with van der Waals surface area (Å²) in [6.45, 7) is 2.65. The Morgan fingerprint density at radius 2 is 2.09 bits per heavy atom. The predicted octanol–water partition coefficient (Wildman–Crippen LogP) is 2.89. The van der Waals surface area contributed by atoms with Crippen LogP contribution in [0.25, 0.3) is 16.2 Å². The normalized spacial score (nSPS) is 11.1. The van der Waals surface area contributed by atoms with Crippen LogP contribution in [0.5, 0.6) is 11.5 Å². The van der Waals surface area contributed by atoms with Crippen molar-refractivity contribution in [1.82, 2.24) is 9.38 Å². The molecule has 0 unspecified atom stereocenters. The van der Waals surface area contributed by atoms with Gasteiger partial charge in [0.2, 0.25) is 0 Å². The highest BCUT2D eigenvalue weighted by Crippen LogP contribution is 2.36. The van der Waals surface area contributed by atoms with E-state index in [4.69, 9.17) is 20.2 Å². The monoisotopic (exact) mass is 317 g/mol. The Balaban J connectivity index is 2.27. The topological polar surface area (TPSA) is 61.8 Å². The first-order chi connectivity index (χ1) is 10.7. The molecular formula is C16H19N3O2S. The number of ether oxygens (including phenoxy) is 2. The fourth-order valence-electron chi connectivity index (χ4n) is 2.65. The zero-order valence-electron chi connectivity index (χ0n) is 12.9. The molecule has 0 radical (unpaired) electrons. The fraction of sp³-hybridized carbons (Fsp3) is 0.312. The van der Waals surface area contributed by atoms with E-state index in [-0.39, 0.29) is 0 Å². The maximum Gasteiger partial charge on any atom is 0.194 e. The second kappa shape index (κ2) is 5.98. The summed E-state index contributed by atoms with van der Waals surface area (Å²) < 4.78 is 13.0. The Kier molecular flexibility index (Phi) is 4.04. The van der Waals surface area contributed by atoms with E-state index in [9.17, 15) is 0 Å². The number of nitrogens with zero attached hydrogens (tertiary/aromatic N) is 2. The van der Waals surface area contributed by atoms with Crippen LogP contribution in [0.1, 0.15) is 11.4 Å². The quantitative estimate of drug-likeness (QED) is 0.786. The van der Waals surface area contributed by atoms with Gasteiger partial charge >= 0.3 is 0 Å². The summed E-state index contributed by atoms with van der Waals surface area (Å²) >= 11 is 1.63. The minimum absolute atomic E-state index is 0.572. The fourth-order valence-corrected chi connectivity index (χ4v) is 3.53.